The van der Waals surface area contributed by atoms with E-state index in [0.29, 0.717) is 13.0 Å². The van der Waals surface area contributed by atoms with Crippen molar-refractivity contribution in [3.8, 4) is 0 Å². The first-order valence-electron chi connectivity index (χ1n) is 7.91. The number of esters is 1. The minimum Gasteiger partial charge on any atom is -0.464 e. The minimum absolute atomic E-state index is 0.0491. The molecule has 1 amide bonds. The molecule has 132 valence electrons. The lowest BCUT2D eigenvalue weighted by Gasteiger charge is -2.25. The van der Waals surface area contributed by atoms with Gasteiger partial charge in [-0.2, -0.15) is 0 Å². The lowest BCUT2D eigenvalue weighted by Crippen LogP contribution is -2.47. The second-order valence-electron chi connectivity index (χ2n) is 5.33. The highest BCUT2D eigenvalue weighted by molar-refractivity contribution is 5.83. The molecule has 0 aromatic heterocycles. The number of ether oxygens (including phenoxy) is 4. The average molecular weight is 337 g/mol. The van der Waals surface area contributed by atoms with Crippen LogP contribution in [0, 0.1) is 0 Å². The van der Waals surface area contributed by atoms with Gasteiger partial charge in [-0.1, -0.05) is 30.3 Å². The van der Waals surface area contributed by atoms with Gasteiger partial charge in [-0.15, -0.1) is 0 Å². The number of rotatable bonds is 7. The third-order valence-corrected chi connectivity index (χ3v) is 3.71. The molecule has 1 aromatic rings. The quantitative estimate of drug-likeness (QED) is 0.559. The molecule has 0 N–H and O–H groups in total. The fourth-order valence-electron chi connectivity index (χ4n) is 2.61. The molecule has 0 spiro atoms. The summed E-state index contributed by atoms with van der Waals surface area (Å²) in [6, 6.07) is 8.54. The first-order valence-corrected chi connectivity index (χ1v) is 7.91. The van der Waals surface area contributed by atoms with Crippen molar-refractivity contribution in [2.24, 2.45) is 0 Å². The average Bonchev–Trinajstić information content (AvgIpc) is 3.03. The number of likely N-dealkylation sites (tertiary alicyclic amines) is 1. The lowest BCUT2D eigenvalue weighted by molar-refractivity contribution is -0.155. The highest BCUT2D eigenvalue weighted by Gasteiger charge is 2.44. The Kier molecular flexibility index (Phi) is 7.02. The number of amides is 1. The van der Waals surface area contributed by atoms with E-state index in [-0.39, 0.29) is 20.0 Å². The van der Waals surface area contributed by atoms with Gasteiger partial charge in [0.05, 0.1) is 12.7 Å². The molecular weight excluding hydrogens is 314 g/mol. The van der Waals surface area contributed by atoms with Crippen LogP contribution in [-0.2, 0) is 30.3 Å². The standard InChI is InChI=1S/C17H23NO6/c1-3-22-16(19)15-14(24-12-21-2)9-10-18(15)17(20)23-11-13-7-5-4-6-8-13/h4-8,14-15H,3,9-12H2,1-2H3/t14-,15+/m0/s1. The van der Waals surface area contributed by atoms with Crippen LogP contribution in [0.3, 0.4) is 0 Å². The van der Waals surface area contributed by atoms with Gasteiger partial charge in [-0.05, 0) is 18.9 Å². The highest BCUT2D eigenvalue weighted by atomic mass is 16.7. The number of methoxy groups -OCH3 is 1. The van der Waals surface area contributed by atoms with E-state index in [1.807, 2.05) is 30.3 Å². The number of hydrogen-bond donors (Lipinski definition) is 0. The van der Waals surface area contributed by atoms with Crippen LogP contribution in [0.5, 0.6) is 0 Å². The topological polar surface area (TPSA) is 74.3 Å². The Hall–Kier alpha value is -2.12. The van der Waals surface area contributed by atoms with Crippen molar-refractivity contribution in [1.82, 2.24) is 4.90 Å². The van der Waals surface area contributed by atoms with Gasteiger partial charge in [0.15, 0.2) is 6.04 Å². The Balaban J connectivity index is 1.99. The monoisotopic (exact) mass is 337 g/mol. The molecule has 0 unspecified atom stereocenters. The third-order valence-electron chi connectivity index (χ3n) is 3.71. The Morgan fingerprint density at radius 2 is 1.96 bits per heavy atom. The molecule has 1 aromatic carbocycles. The summed E-state index contributed by atoms with van der Waals surface area (Å²) in [4.78, 5) is 25.9. The Morgan fingerprint density at radius 3 is 2.62 bits per heavy atom. The van der Waals surface area contributed by atoms with E-state index < -0.39 is 24.2 Å². The fraction of sp³-hybridized carbons (Fsp3) is 0.529. The van der Waals surface area contributed by atoms with Crippen molar-refractivity contribution >= 4 is 12.1 Å². The third kappa shape index (κ3) is 4.69. The van der Waals surface area contributed by atoms with Gasteiger partial charge in [0.25, 0.3) is 0 Å². The minimum atomic E-state index is -0.816. The zero-order valence-electron chi connectivity index (χ0n) is 14.0. The molecule has 1 saturated heterocycles. The van der Waals surface area contributed by atoms with Gasteiger partial charge in [-0.25, -0.2) is 9.59 Å². The Morgan fingerprint density at radius 1 is 1.21 bits per heavy atom. The van der Waals surface area contributed by atoms with Gasteiger partial charge in [0, 0.05) is 13.7 Å². The number of carbonyl (C=O) groups is 2. The van der Waals surface area contributed by atoms with Gasteiger partial charge < -0.3 is 18.9 Å². The zero-order chi connectivity index (χ0) is 17.4. The van der Waals surface area contributed by atoms with Gasteiger partial charge in [0.2, 0.25) is 0 Å². The molecule has 0 saturated carbocycles. The molecule has 1 fully saturated rings. The molecule has 7 nitrogen and oxygen atoms in total. The van der Waals surface area contributed by atoms with Crippen LogP contribution >= 0.6 is 0 Å². The van der Waals surface area contributed by atoms with Gasteiger partial charge in [0.1, 0.15) is 13.4 Å². The van der Waals surface area contributed by atoms with Crippen molar-refractivity contribution in [1.29, 1.82) is 0 Å². The fourth-order valence-corrected chi connectivity index (χ4v) is 2.61. The molecule has 2 atom stereocenters. The zero-order valence-corrected chi connectivity index (χ0v) is 14.0. The van der Waals surface area contributed by atoms with Crippen molar-refractivity contribution in [3.05, 3.63) is 35.9 Å². The molecule has 7 heteroatoms. The second kappa shape index (κ2) is 9.24. The number of nitrogens with zero attached hydrogens (tertiary/aromatic N) is 1. The van der Waals surface area contributed by atoms with Crippen LogP contribution in [0.1, 0.15) is 18.9 Å². The van der Waals surface area contributed by atoms with Crippen molar-refractivity contribution < 1.29 is 28.5 Å². The molecule has 1 aliphatic heterocycles. The summed E-state index contributed by atoms with van der Waals surface area (Å²) in [7, 11) is 1.50. The molecule has 0 radical (unpaired) electrons. The van der Waals surface area contributed by atoms with Crippen LogP contribution < -0.4 is 0 Å². The molecule has 0 aliphatic carbocycles. The van der Waals surface area contributed by atoms with Crippen LogP contribution in [0.4, 0.5) is 4.79 Å². The first kappa shape index (κ1) is 18.2. The summed E-state index contributed by atoms with van der Waals surface area (Å²) in [5.74, 6) is -0.493. The van der Waals surface area contributed by atoms with E-state index in [9.17, 15) is 9.59 Å². The van der Waals surface area contributed by atoms with Crippen molar-refractivity contribution in [3.63, 3.8) is 0 Å². The normalized spacial score (nSPS) is 20.0. The molecule has 24 heavy (non-hydrogen) atoms. The van der Waals surface area contributed by atoms with Gasteiger partial charge >= 0.3 is 12.1 Å². The predicted molar refractivity (Wildman–Crippen MR) is 85.1 cm³/mol. The van der Waals surface area contributed by atoms with Crippen LogP contribution in [0.25, 0.3) is 0 Å². The molecular formula is C17H23NO6. The van der Waals surface area contributed by atoms with Crippen molar-refractivity contribution in [2.75, 3.05) is 27.1 Å². The van der Waals surface area contributed by atoms with Crippen LogP contribution in [-0.4, -0.2) is 56.2 Å². The molecule has 1 aliphatic rings. The maximum Gasteiger partial charge on any atom is 0.410 e. The summed E-state index contributed by atoms with van der Waals surface area (Å²) >= 11 is 0. The van der Waals surface area contributed by atoms with Crippen LogP contribution in [0.15, 0.2) is 30.3 Å². The van der Waals surface area contributed by atoms with Crippen LogP contribution in [0.2, 0.25) is 0 Å². The predicted octanol–water partition coefficient (Wildman–Crippen LogP) is 1.95. The maximum absolute atomic E-state index is 12.4. The maximum atomic E-state index is 12.4. The molecule has 2 rings (SSSR count). The molecule has 0 bridgehead atoms. The Bertz CT molecular complexity index is 535. The summed E-state index contributed by atoms with van der Waals surface area (Å²) in [6.07, 6.45) is -0.499. The smallest absolute Gasteiger partial charge is 0.410 e. The lowest BCUT2D eigenvalue weighted by atomic mass is 10.2. The van der Waals surface area contributed by atoms with E-state index >= 15 is 0 Å². The summed E-state index contributed by atoms with van der Waals surface area (Å²) in [5, 5.41) is 0. The SMILES string of the molecule is CCOC(=O)[C@H]1[C@@H](OCOC)CCN1C(=O)OCc1ccccc1. The summed E-state index contributed by atoms with van der Waals surface area (Å²) in [5.41, 5.74) is 0.880. The number of benzene rings is 1. The Labute approximate surface area is 141 Å². The summed E-state index contributed by atoms with van der Waals surface area (Å²) < 4.78 is 20.8. The van der Waals surface area contributed by atoms with E-state index in [2.05, 4.69) is 0 Å². The number of carbonyl (C=O) groups excluding carboxylic acids is 2. The van der Waals surface area contributed by atoms with E-state index in [1.165, 1.54) is 12.0 Å². The molecule has 1 heterocycles. The van der Waals surface area contributed by atoms with E-state index in [1.54, 1.807) is 6.92 Å². The van der Waals surface area contributed by atoms with Crippen molar-refractivity contribution in [2.45, 2.75) is 32.1 Å². The van der Waals surface area contributed by atoms with Gasteiger partial charge in [-0.3, -0.25) is 4.90 Å². The second-order valence-corrected chi connectivity index (χ2v) is 5.33. The highest BCUT2D eigenvalue weighted by Crippen LogP contribution is 2.23. The number of hydrogen-bond acceptors (Lipinski definition) is 6. The summed E-state index contributed by atoms with van der Waals surface area (Å²) in [6.45, 7) is 2.52. The van der Waals surface area contributed by atoms with E-state index in [4.69, 9.17) is 18.9 Å². The van der Waals surface area contributed by atoms with E-state index in [0.717, 1.165) is 5.56 Å². The largest absolute Gasteiger partial charge is 0.464 e. The first-order chi connectivity index (χ1) is 11.7.